The van der Waals surface area contributed by atoms with Crippen molar-refractivity contribution in [3.63, 3.8) is 0 Å². The zero-order valence-corrected chi connectivity index (χ0v) is 12.0. The Balaban J connectivity index is 2.41. The summed E-state index contributed by atoms with van der Waals surface area (Å²) in [6, 6.07) is 3.45. The van der Waals surface area contributed by atoms with Gasteiger partial charge in [0, 0.05) is 20.2 Å². The molecule has 2 rings (SSSR count). The summed E-state index contributed by atoms with van der Waals surface area (Å²) >= 11 is 0. The average Bonchev–Trinajstić information content (AvgIpc) is 2.82. The maximum atomic E-state index is 12.2. The molecule has 21 heavy (non-hydrogen) atoms. The van der Waals surface area contributed by atoms with Gasteiger partial charge in [-0.05, 0) is 12.1 Å². The molecule has 0 unspecified atom stereocenters. The van der Waals surface area contributed by atoms with E-state index < -0.39 is 14.9 Å². The number of nitro benzene ring substituents is 1. The Hall–Kier alpha value is -2.69. The molecule has 1 aromatic heterocycles. The molecule has 11 heteroatoms. The number of aryl methyl sites for hydroxylation is 1. The first-order chi connectivity index (χ1) is 9.85. The molecule has 0 fully saturated rings. The minimum Gasteiger partial charge on any atom is -0.383 e. The van der Waals surface area contributed by atoms with Crippen LogP contribution >= 0.6 is 0 Å². The van der Waals surface area contributed by atoms with E-state index in [-0.39, 0.29) is 22.2 Å². The number of nitrogens with zero attached hydrogens (tertiary/aromatic N) is 4. The Kier molecular flexibility index (Phi) is 3.76. The maximum absolute atomic E-state index is 12.2. The molecule has 0 bridgehead atoms. The van der Waals surface area contributed by atoms with Gasteiger partial charge in [0.15, 0.2) is 0 Å². The second-order valence-corrected chi connectivity index (χ2v) is 5.68. The van der Waals surface area contributed by atoms with Crippen LogP contribution in [-0.2, 0) is 17.1 Å². The number of anilines is 2. The van der Waals surface area contributed by atoms with Crippen molar-refractivity contribution in [1.29, 1.82) is 0 Å². The fourth-order valence-electron chi connectivity index (χ4n) is 1.61. The van der Waals surface area contributed by atoms with Crippen LogP contribution in [0.15, 0.2) is 29.4 Å². The van der Waals surface area contributed by atoms with E-state index in [1.807, 2.05) is 0 Å². The fourth-order valence-corrected chi connectivity index (χ4v) is 2.67. The van der Waals surface area contributed by atoms with Crippen LogP contribution in [0.4, 0.5) is 17.3 Å². The highest BCUT2D eigenvalue weighted by atomic mass is 32.2. The highest BCUT2D eigenvalue weighted by Crippen LogP contribution is 2.27. The highest BCUT2D eigenvalue weighted by molar-refractivity contribution is 7.92. The van der Waals surface area contributed by atoms with Crippen LogP contribution in [0.25, 0.3) is 0 Å². The van der Waals surface area contributed by atoms with E-state index in [1.54, 1.807) is 0 Å². The third-order valence-electron chi connectivity index (χ3n) is 2.68. The lowest BCUT2D eigenvalue weighted by atomic mass is 10.3. The van der Waals surface area contributed by atoms with Gasteiger partial charge in [0.25, 0.3) is 15.7 Å². The summed E-state index contributed by atoms with van der Waals surface area (Å²) in [6.07, 6.45) is 1.20. The molecule has 0 saturated carbocycles. The van der Waals surface area contributed by atoms with E-state index in [9.17, 15) is 18.5 Å². The van der Waals surface area contributed by atoms with Crippen LogP contribution in [0.5, 0.6) is 0 Å². The van der Waals surface area contributed by atoms with Crippen LogP contribution in [0.3, 0.4) is 0 Å². The number of hydrogen-bond acceptors (Lipinski definition) is 7. The molecular formula is C10H12N6O4S. The molecular weight excluding hydrogens is 300 g/mol. The summed E-state index contributed by atoms with van der Waals surface area (Å²) in [7, 11) is -0.922. The van der Waals surface area contributed by atoms with Gasteiger partial charge in [-0.2, -0.15) is 10.1 Å². The molecule has 0 amide bonds. The monoisotopic (exact) mass is 312 g/mol. The predicted octanol–water partition coefficient (Wildman–Crippen LogP) is 0.566. The Morgan fingerprint density at radius 3 is 2.62 bits per heavy atom. The number of aromatic nitrogens is 3. The third-order valence-corrected chi connectivity index (χ3v) is 4.01. The normalized spacial score (nSPS) is 11.1. The molecule has 112 valence electrons. The Labute approximate surface area is 120 Å². The quantitative estimate of drug-likeness (QED) is 0.609. The Bertz CT molecular complexity index is 785. The van der Waals surface area contributed by atoms with Gasteiger partial charge in [-0.1, -0.05) is 0 Å². The molecule has 2 N–H and O–H groups in total. The molecule has 0 aliphatic rings. The fraction of sp³-hybridized carbons (Fsp3) is 0.200. The first kappa shape index (κ1) is 14.7. The van der Waals surface area contributed by atoms with Crippen LogP contribution in [0.2, 0.25) is 0 Å². The van der Waals surface area contributed by atoms with Gasteiger partial charge in [-0.15, -0.1) is 0 Å². The van der Waals surface area contributed by atoms with Gasteiger partial charge in [0.1, 0.15) is 12.0 Å². The first-order valence-corrected chi connectivity index (χ1v) is 7.16. The van der Waals surface area contributed by atoms with Crippen LogP contribution in [0.1, 0.15) is 0 Å². The van der Waals surface area contributed by atoms with Crippen molar-refractivity contribution >= 4 is 27.3 Å². The van der Waals surface area contributed by atoms with Gasteiger partial charge < -0.3 is 5.32 Å². The first-order valence-electron chi connectivity index (χ1n) is 5.68. The highest BCUT2D eigenvalue weighted by Gasteiger charge is 2.21. The number of rotatable bonds is 5. The smallest absolute Gasteiger partial charge is 0.292 e. The van der Waals surface area contributed by atoms with Crippen LogP contribution < -0.4 is 10.0 Å². The molecule has 2 aromatic rings. The van der Waals surface area contributed by atoms with Gasteiger partial charge in [0.05, 0.1) is 9.82 Å². The summed E-state index contributed by atoms with van der Waals surface area (Å²) in [4.78, 5) is 13.9. The van der Waals surface area contributed by atoms with Gasteiger partial charge in [-0.3, -0.25) is 10.1 Å². The van der Waals surface area contributed by atoms with Crippen molar-refractivity contribution in [2.75, 3.05) is 17.1 Å². The van der Waals surface area contributed by atoms with E-state index in [2.05, 4.69) is 20.1 Å². The molecule has 10 nitrogen and oxygen atoms in total. The molecule has 0 spiro atoms. The molecule has 0 radical (unpaired) electrons. The predicted molar refractivity (Wildman–Crippen MR) is 74.5 cm³/mol. The summed E-state index contributed by atoms with van der Waals surface area (Å²) in [5, 5.41) is 17.2. The van der Waals surface area contributed by atoms with Gasteiger partial charge in [-0.25, -0.2) is 17.8 Å². The van der Waals surface area contributed by atoms with E-state index in [0.29, 0.717) is 0 Å². The lowest BCUT2D eigenvalue weighted by Gasteiger charge is -2.08. The van der Waals surface area contributed by atoms with Crippen molar-refractivity contribution < 1.29 is 13.3 Å². The molecule has 0 aliphatic carbocycles. The number of nitro groups is 1. The molecule has 0 atom stereocenters. The van der Waals surface area contributed by atoms with Crippen molar-refractivity contribution in [3.8, 4) is 0 Å². The Morgan fingerprint density at radius 1 is 1.38 bits per heavy atom. The zero-order chi connectivity index (χ0) is 15.6. The minimum absolute atomic E-state index is 0.0411. The summed E-state index contributed by atoms with van der Waals surface area (Å²) in [5.74, 6) is 0.0411. The lowest BCUT2D eigenvalue weighted by Crippen LogP contribution is -2.16. The van der Waals surface area contributed by atoms with E-state index in [0.717, 1.165) is 12.1 Å². The maximum Gasteiger partial charge on any atom is 0.292 e. The minimum atomic E-state index is -3.92. The third kappa shape index (κ3) is 2.91. The van der Waals surface area contributed by atoms with Crippen LogP contribution in [0, 0.1) is 10.1 Å². The standard InChI is InChI=1S/C10H12N6O4S/c1-11-8-5-7(3-4-9(8)16(17)18)21(19,20)14-10-12-6-13-15(10)2/h3-6,11H,1-2H3,(H,12,13,14). The molecule has 1 aromatic carbocycles. The number of benzene rings is 1. The number of nitrogens with one attached hydrogen (secondary N) is 2. The van der Waals surface area contributed by atoms with Crippen molar-refractivity contribution in [3.05, 3.63) is 34.6 Å². The number of sulfonamides is 1. The topological polar surface area (TPSA) is 132 Å². The largest absolute Gasteiger partial charge is 0.383 e. The summed E-state index contributed by atoms with van der Waals surface area (Å²) in [6.45, 7) is 0. The SMILES string of the molecule is CNc1cc(S(=O)(=O)Nc2ncnn2C)ccc1[N+](=O)[O-]. The van der Waals surface area contributed by atoms with E-state index in [1.165, 1.54) is 31.2 Å². The van der Waals surface area contributed by atoms with Crippen molar-refractivity contribution in [2.24, 2.45) is 7.05 Å². The van der Waals surface area contributed by atoms with Crippen molar-refractivity contribution in [2.45, 2.75) is 4.90 Å². The van der Waals surface area contributed by atoms with E-state index >= 15 is 0 Å². The lowest BCUT2D eigenvalue weighted by molar-refractivity contribution is -0.384. The summed E-state index contributed by atoms with van der Waals surface area (Å²) < 4.78 is 27.9. The summed E-state index contributed by atoms with van der Waals surface area (Å²) in [5.41, 5.74) is -0.115. The zero-order valence-electron chi connectivity index (χ0n) is 11.1. The van der Waals surface area contributed by atoms with E-state index in [4.69, 9.17) is 0 Å². The van der Waals surface area contributed by atoms with Gasteiger partial charge >= 0.3 is 0 Å². The second kappa shape index (κ2) is 5.36. The van der Waals surface area contributed by atoms with Crippen LogP contribution in [-0.4, -0.2) is 35.2 Å². The van der Waals surface area contributed by atoms with Gasteiger partial charge in [0.2, 0.25) is 5.95 Å². The molecule has 1 heterocycles. The average molecular weight is 312 g/mol. The Morgan fingerprint density at radius 2 is 2.10 bits per heavy atom. The van der Waals surface area contributed by atoms with Crippen molar-refractivity contribution in [1.82, 2.24) is 14.8 Å². The molecule has 0 aliphatic heterocycles. The number of hydrogen-bond donors (Lipinski definition) is 2. The second-order valence-electron chi connectivity index (χ2n) is 4.00. The molecule has 0 saturated heterocycles.